The van der Waals surface area contributed by atoms with E-state index in [0.717, 1.165) is 5.76 Å². The summed E-state index contributed by atoms with van der Waals surface area (Å²) in [6, 6.07) is 9.69. The lowest BCUT2D eigenvalue weighted by molar-refractivity contribution is -0.384. The monoisotopic (exact) mass is 355 g/mol. The summed E-state index contributed by atoms with van der Waals surface area (Å²) in [4.78, 5) is 26.5. The molecule has 0 aliphatic carbocycles. The molecule has 0 radical (unpaired) electrons. The smallest absolute Gasteiger partial charge is 0.270 e. The fourth-order valence-electron chi connectivity index (χ4n) is 2.08. The van der Waals surface area contributed by atoms with Crippen molar-refractivity contribution in [1.82, 2.24) is 4.98 Å². The maximum Gasteiger partial charge on any atom is 0.270 e. The van der Waals surface area contributed by atoms with Crippen LogP contribution in [0.1, 0.15) is 11.3 Å². The molecular weight excluding hydrogens is 342 g/mol. The SMILES string of the molecule is Cc1ccc(-c2csc(NC(=O)/C=C/c3cccc([N+](=O)[O-])c3)n2)o1. The average molecular weight is 355 g/mol. The normalized spacial score (nSPS) is 10.9. The molecule has 0 bridgehead atoms. The third-order valence-corrected chi connectivity index (χ3v) is 3.99. The van der Waals surface area contributed by atoms with Crippen molar-refractivity contribution >= 4 is 34.1 Å². The number of nitrogens with one attached hydrogen (secondary N) is 1. The molecular formula is C17H13N3O4S. The number of carbonyl (C=O) groups is 1. The second-order valence-electron chi connectivity index (χ2n) is 5.12. The van der Waals surface area contributed by atoms with E-state index in [-0.39, 0.29) is 11.6 Å². The van der Waals surface area contributed by atoms with Gasteiger partial charge in [0.25, 0.3) is 5.69 Å². The topological polar surface area (TPSA) is 98.3 Å². The van der Waals surface area contributed by atoms with E-state index < -0.39 is 4.92 Å². The second kappa shape index (κ2) is 7.10. The fraction of sp³-hybridized carbons (Fsp3) is 0.0588. The van der Waals surface area contributed by atoms with Gasteiger partial charge in [-0.05, 0) is 30.7 Å². The largest absolute Gasteiger partial charge is 0.460 e. The molecule has 0 aliphatic rings. The molecule has 1 N–H and O–H groups in total. The molecule has 3 aromatic rings. The summed E-state index contributed by atoms with van der Waals surface area (Å²) in [6.45, 7) is 1.84. The number of hydrogen-bond donors (Lipinski definition) is 1. The lowest BCUT2D eigenvalue weighted by Gasteiger charge is -1.97. The van der Waals surface area contributed by atoms with Crippen LogP contribution < -0.4 is 5.32 Å². The number of non-ortho nitro benzene ring substituents is 1. The first-order valence-corrected chi connectivity index (χ1v) is 8.15. The van der Waals surface area contributed by atoms with Crippen molar-refractivity contribution in [3.8, 4) is 11.5 Å². The summed E-state index contributed by atoms with van der Waals surface area (Å²) >= 11 is 1.28. The van der Waals surface area contributed by atoms with Crippen LogP contribution in [0.4, 0.5) is 10.8 Å². The molecule has 0 saturated heterocycles. The molecule has 0 spiro atoms. The van der Waals surface area contributed by atoms with Crippen molar-refractivity contribution in [2.75, 3.05) is 5.32 Å². The Balaban J connectivity index is 1.66. The Kier molecular flexibility index (Phi) is 4.71. The maximum absolute atomic E-state index is 12.0. The number of nitrogens with zero attached hydrogens (tertiary/aromatic N) is 2. The number of aryl methyl sites for hydroxylation is 1. The van der Waals surface area contributed by atoms with E-state index in [1.165, 1.54) is 35.6 Å². The van der Waals surface area contributed by atoms with Crippen LogP contribution in [-0.4, -0.2) is 15.8 Å². The van der Waals surface area contributed by atoms with Crippen molar-refractivity contribution < 1.29 is 14.1 Å². The van der Waals surface area contributed by atoms with Crippen molar-refractivity contribution in [2.45, 2.75) is 6.92 Å². The minimum absolute atomic E-state index is 0.0270. The number of anilines is 1. The van der Waals surface area contributed by atoms with E-state index in [2.05, 4.69) is 10.3 Å². The lowest BCUT2D eigenvalue weighted by atomic mass is 10.2. The molecule has 25 heavy (non-hydrogen) atoms. The molecule has 126 valence electrons. The molecule has 0 saturated carbocycles. The van der Waals surface area contributed by atoms with Gasteiger partial charge in [-0.15, -0.1) is 11.3 Å². The number of carbonyl (C=O) groups excluding carboxylic acids is 1. The van der Waals surface area contributed by atoms with Gasteiger partial charge in [-0.3, -0.25) is 20.2 Å². The number of benzene rings is 1. The standard InChI is InChI=1S/C17H13N3O4S/c1-11-5-7-15(24-11)14-10-25-17(18-14)19-16(21)8-6-12-3-2-4-13(9-12)20(22)23/h2-10H,1H3,(H,18,19,21)/b8-6+. The zero-order valence-electron chi connectivity index (χ0n) is 13.1. The molecule has 0 fully saturated rings. The summed E-state index contributed by atoms with van der Waals surface area (Å²) in [7, 11) is 0. The summed E-state index contributed by atoms with van der Waals surface area (Å²) in [5.41, 5.74) is 1.19. The van der Waals surface area contributed by atoms with E-state index in [4.69, 9.17) is 4.42 Å². The predicted molar refractivity (Wildman–Crippen MR) is 95.3 cm³/mol. The first-order valence-electron chi connectivity index (χ1n) is 7.27. The van der Waals surface area contributed by atoms with E-state index in [9.17, 15) is 14.9 Å². The highest BCUT2D eigenvalue weighted by atomic mass is 32.1. The van der Waals surface area contributed by atoms with Gasteiger partial charge >= 0.3 is 0 Å². The average Bonchev–Trinajstić information content (AvgIpc) is 3.22. The first-order chi connectivity index (χ1) is 12.0. The number of thiazole rings is 1. The van der Waals surface area contributed by atoms with Gasteiger partial charge in [-0.1, -0.05) is 12.1 Å². The Bertz CT molecular complexity index is 958. The van der Waals surface area contributed by atoms with Crippen LogP contribution in [0.15, 0.2) is 52.3 Å². The molecule has 1 amide bonds. The molecule has 2 heterocycles. The van der Waals surface area contributed by atoms with Crippen LogP contribution in [0.5, 0.6) is 0 Å². The minimum atomic E-state index is -0.481. The highest BCUT2D eigenvalue weighted by molar-refractivity contribution is 7.14. The zero-order chi connectivity index (χ0) is 17.8. The number of aromatic nitrogens is 1. The van der Waals surface area contributed by atoms with Gasteiger partial charge in [-0.2, -0.15) is 0 Å². The molecule has 1 aromatic carbocycles. The molecule has 0 unspecified atom stereocenters. The fourth-order valence-corrected chi connectivity index (χ4v) is 2.78. The van der Waals surface area contributed by atoms with Crippen molar-refractivity contribution in [2.24, 2.45) is 0 Å². The van der Waals surface area contributed by atoms with Gasteiger partial charge in [0.05, 0.1) is 4.92 Å². The molecule has 0 aliphatic heterocycles. The maximum atomic E-state index is 12.0. The predicted octanol–water partition coefficient (Wildman–Crippen LogP) is 4.27. The number of nitro groups is 1. The summed E-state index contributed by atoms with van der Waals surface area (Å²) < 4.78 is 5.49. The quantitative estimate of drug-likeness (QED) is 0.418. The number of hydrogen-bond acceptors (Lipinski definition) is 6. The van der Waals surface area contributed by atoms with E-state index in [1.807, 2.05) is 19.1 Å². The Morgan fingerprint density at radius 2 is 2.20 bits per heavy atom. The highest BCUT2D eigenvalue weighted by Crippen LogP contribution is 2.26. The van der Waals surface area contributed by atoms with Gasteiger partial charge < -0.3 is 4.42 Å². The van der Waals surface area contributed by atoms with Gasteiger partial charge in [0.1, 0.15) is 11.5 Å². The number of nitro benzene ring substituents is 1. The number of rotatable bonds is 5. The van der Waals surface area contributed by atoms with Crippen LogP contribution in [-0.2, 0) is 4.79 Å². The van der Waals surface area contributed by atoms with Gasteiger partial charge in [0.15, 0.2) is 10.9 Å². The van der Waals surface area contributed by atoms with Crippen LogP contribution in [0, 0.1) is 17.0 Å². The van der Waals surface area contributed by atoms with Gasteiger partial charge in [0.2, 0.25) is 5.91 Å². The second-order valence-corrected chi connectivity index (χ2v) is 5.98. The Morgan fingerprint density at radius 3 is 2.92 bits per heavy atom. The molecule has 7 nitrogen and oxygen atoms in total. The molecule has 8 heteroatoms. The van der Waals surface area contributed by atoms with E-state index in [1.54, 1.807) is 17.5 Å². The lowest BCUT2D eigenvalue weighted by Crippen LogP contribution is -2.07. The van der Waals surface area contributed by atoms with Crippen molar-refractivity contribution in [1.29, 1.82) is 0 Å². The van der Waals surface area contributed by atoms with Crippen LogP contribution >= 0.6 is 11.3 Å². The Hall–Kier alpha value is -3.26. The van der Waals surface area contributed by atoms with Crippen molar-refractivity contribution in [3.05, 3.63) is 69.3 Å². The minimum Gasteiger partial charge on any atom is -0.460 e. The number of furan rings is 1. The summed E-state index contributed by atoms with van der Waals surface area (Å²) in [5, 5.41) is 15.6. The Morgan fingerprint density at radius 1 is 1.36 bits per heavy atom. The third-order valence-electron chi connectivity index (χ3n) is 3.24. The van der Waals surface area contributed by atoms with Crippen molar-refractivity contribution in [3.63, 3.8) is 0 Å². The summed E-state index contributed by atoms with van der Waals surface area (Å²) in [6.07, 6.45) is 2.81. The number of amides is 1. The van der Waals surface area contributed by atoms with E-state index >= 15 is 0 Å². The first kappa shape index (κ1) is 16.6. The third kappa shape index (κ3) is 4.18. The van der Waals surface area contributed by atoms with Crippen LogP contribution in [0.3, 0.4) is 0 Å². The van der Waals surface area contributed by atoms with Crippen LogP contribution in [0.25, 0.3) is 17.5 Å². The highest BCUT2D eigenvalue weighted by Gasteiger charge is 2.09. The van der Waals surface area contributed by atoms with Crippen LogP contribution in [0.2, 0.25) is 0 Å². The molecule has 3 rings (SSSR count). The summed E-state index contributed by atoms with van der Waals surface area (Å²) in [5.74, 6) is 1.05. The molecule has 0 atom stereocenters. The Labute approximate surface area is 146 Å². The van der Waals surface area contributed by atoms with Gasteiger partial charge in [-0.25, -0.2) is 4.98 Å². The molecule has 2 aromatic heterocycles. The zero-order valence-corrected chi connectivity index (χ0v) is 13.9. The van der Waals surface area contributed by atoms with Gasteiger partial charge in [0, 0.05) is 23.6 Å². The van der Waals surface area contributed by atoms with E-state index in [0.29, 0.717) is 22.1 Å².